The van der Waals surface area contributed by atoms with Crippen molar-refractivity contribution in [1.29, 1.82) is 0 Å². The molecule has 2 aromatic rings. The fourth-order valence-electron chi connectivity index (χ4n) is 2.89. The Balaban J connectivity index is 1.59. The van der Waals surface area contributed by atoms with Crippen molar-refractivity contribution in [3.63, 3.8) is 0 Å². The molecule has 0 atom stereocenters. The summed E-state index contributed by atoms with van der Waals surface area (Å²) in [5.74, 6) is 2.46. The van der Waals surface area contributed by atoms with Crippen LogP contribution in [0.2, 0.25) is 5.02 Å². The van der Waals surface area contributed by atoms with E-state index in [9.17, 15) is 4.79 Å². The summed E-state index contributed by atoms with van der Waals surface area (Å²) in [4.78, 5) is 25.3. The van der Waals surface area contributed by atoms with Crippen LogP contribution in [0, 0.1) is 6.92 Å². The highest BCUT2D eigenvalue weighted by Gasteiger charge is 2.22. The van der Waals surface area contributed by atoms with E-state index in [2.05, 4.69) is 25.5 Å². The summed E-state index contributed by atoms with van der Waals surface area (Å²) >= 11 is 5.96. The molecular formula is C18H23ClN6O. The summed E-state index contributed by atoms with van der Waals surface area (Å²) in [5.41, 5.74) is 0.701. The van der Waals surface area contributed by atoms with Crippen LogP contribution in [0.3, 0.4) is 0 Å². The van der Waals surface area contributed by atoms with E-state index in [1.807, 2.05) is 32.0 Å². The van der Waals surface area contributed by atoms with Gasteiger partial charge in [0.05, 0.1) is 0 Å². The van der Waals surface area contributed by atoms with Crippen LogP contribution >= 0.6 is 11.6 Å². The third-order valence-electron chi connectivity index (χ3n) is 4.15. The lowest BCUT2D eigenvalue weighted by molar-refractivity contribution is 0.208. The molecule has 0 bridgehead atoms. The maximum atomic E-state index is 12.4. The average molecular weight is 375 g/mol. The first-order chi connectivity index (χ1) is 12.5. The number of carbonyl (C=O) groups excluding carboxylic acids is 1. The fraction of sp³-hybridized carbons (Fsp3) is 0.389. The molecule has 1 aromatic heterocycles. The molecule has 1 aliphatic heterocycles. The van der Waals surface area contributed by atoms with E-state index in [4.69, 9.17) is 11.6 Å². The summed E-state index contributed by atoms with van der Waals surface area (Å²) < 4.78 is 0. The van der Waals surface area contributed by atoms with Gasteiger partial charge in [-0.2, -0.15) is 0 Å². The Labute approximate surface area is 158 Å². The number of hydrogen-bond acceptors (Lipinski definition) is 5. The lowest BCUT2D eigenvalue weighted by atomic mass is 10.3. The van der Waals surface area contributed by atoms with E-state index in [-0.39, 0.29) is 6.03 Å². The zero-order valence-electron chi connectivity index (χ0n) is 15.0. The number of amides is 2. The summed E-state index contributed by atoms with van der Waals surface area (Å²) in [6.45, 7) is 7.45. The van der Waals surface area contributed by atoms with Crippen molar-refractivity contribution in [1.82, 2.24) is 14.9 Å². The molecule has 1 fully saturated rings. The number of urea groups is 1. The van der Waals surface area contributed by atoms with Crippen molar-refractivity contribution in [2.24, 2.45) is 0 Å². The van der Waals surface area contributed by atoms with Crippen LogP contribution < -0.4 is 15.5 Å². The normalized spacial score (nSPS) is 14.3. The number of halogens is 1. The molecule has 138 valence electrons. The summed E-state index contributed by atoms with van der Waals surface area (Å²) in [6, 6.07) is 9.00. The van der Waals surface area contributed by atoms with Crippen molar-refractivity contribution in [2.75, 3.05) is 48.3 Å². The molecule has 2 amide bonds. The highest BCUT2D eigenvalue weighted by atomic mass is 35.5. The van der Waals surface area contributed by atoms with Crippen LogP contribution in [-0.4, -0.2) is 53.6 Å². The molecule has 0 aliphatic carbocycles. The van der Waals surface area contributed by atoms with Gasteiger partial charge in [0.25, 0.3) is 0 Å². The van der Waals surface area contributed by atoms with Gasteiger partial charge in [-0.15, -0.1) is 0 Å². The zero-order chi connectivity index (χ0) is 18.5. The summed E-state index contributed by atoms with van der Waals surface area (Å²) in [6.07, 6.45) is 0. The van der Waals surface area contributed by atoms with Crippen LogP contribution in [0.4, 0.5) is 22.1 Å². The van der Waals surface area contributed by atoms with Gasteiger partial charge in [-0.1, -0.05) is 17.7 Å². The number of nitrogens with zero attached hydrogens (tertiary/aromatic N) is 4. The van der Waals surface area contributed by atoms with Gasteiger partial charge >= 0.3 is 6.03 Å². The van der Waals surface area contributed by atoms with E-state index in [0.717, 1.165) is 37.1 Å². The second kappa shape index (κ2) is 8.23. The minimum Gasteiger partial charge on any atom is -0.370 e. The number of aryl methyl sites for hydroxylation is 1. The van der Waals surface area contributed by atoms with Gasteiger partial charge in [0.15, 0.2) is 0 Å². The first-order valence-corrected chi connectivity index (χ1v) is 9.09. The highest BCUT2D eigenvalue weighted by Crippen LogP contribution is 2.19. The van der Waals surface area contributed by atoms with E-state index in [1.165, 1.54) is 0 Å². The van der Waals surface area contributed by atoms with Crippen LogP contribution in [0.25, 0.3) is 0 Å². The molecule has 2 N–H and O–H groups in total. The second-order valence-corrected chi connectivity index (χ2v) is 6.54. The zero-order valence-corrected chi connectivity index (χ0v) is 15.8. The molecule has 1 aromatic carbocycles. The Hall–Kier alpha value is -2.54. The van der Waals surface area contributed by atoms with Gasteiger partial charge in [-0.05, 0) is 32.0 Å². The first kappa shape index (κ1) is 18.3. The van der Waals surface area contributed by atoms with Gasteiger partial charge in [0.1, 0.15) is 17.5 Å². The van der Waals surface area contributed by atoms with Crippen molar-refractivity contribution in [3.8, 4) is 0 Å². The molecule has 3 rings (SSSR count). The van der Waals surface area contributed by atoms with Crippen molar-refractivity contribution in [2.45, 2.75) is 13.8 Å². The second-order valence-electron chi connectivity index (χ2n) is 6.10. The van der Waals surface area contributed by atoms with E-state index in [1.54, 1.807) is 17.0 Å². The van der Waals surface area contributed by atoms with E-state index in [0.29, 0.717) is 23.8 Å². The van der Waals surface area contributed by atoms with Crippen molar-refractivity contribution < 1.29 is 4.79 Å². The maximum absolute atomic E-state index is 12.4. The Morgan fingerprint density at radius 2 is 1.96 bits per heavy atom. The molecular weight excluding hydrogens is 352 g/mol. The first-order valence-electron chi connectivity index (χ1n) is 8.71. The van der Waals surface area contributed by atoms with Gasteiger partial charge < -0.3 is 20.4 Å². The van der Waals surface area contributed by atoms with Crippen LogP contribution in [0.1, 0.15) is 12.7 Å². The lowest BCUT2D eigenvalue weighted by Crippen LogP contribution is -2.50. The number of rotatable bonds is 4. The third kappa shape index (κ3) is 4.54. The smallest absolute Gasteiger partial charge is 0.321 e. The highest BCUT2D eigenvalue weighted by molar-refractivity contribution is 6.30. The number of benzene rings is 1. The lowest BCUT2D eigenvalue weighted by Gasteiger charge is -2.35. The SMILES string of the molecule is CCNc1cc(N2CCN(C(=O)Nc3cccc(Cl)c3)CC2)nc(C)n1. The fourth-order valence-corrected chi connectivity index (χ4v) is 3.08. The average Bonchev–Trinajstić information content (AvgIpc) is 2.62. The topological polar surface area (TPSA) is 73.4 Å². The number of anilines is 3. The number of hydrogen-bond donors (Lipinski definition) is 2. The van der Waals surface area contributed by atoms with Gasteiger partial charge in [-0.3, -0.25) is 0 Å². The predicted molar refractivity (Wildman–Crippen MR) is 105 cm³/mol. The predicted octanol–water partition coefficient (Wildman–Crippen LogP) is 3.22. The largest absolute Gasteiger partial charge is 0.370 e. The molecule has 7 nitrogen and oxygen atoms in total. The molecule has 1 aliphatic rings. The van der Waals surface area contributed by atoms with Gasteiger partial charge in [-0.25, -0.2) is 14.8 Å². The number of piperazine rings is 1. The van der Waals surface area contributed by atoms with E-state index >= 15 is 0 Å². The van der Waals surface area contributed by atoms with E-state index < -0.39 is 0 Å². The molecule has 1 saturated heterocycles. The Bertz CT molecular complexity index is 776. The Morgan fingerprint density at radius 1 is 1.19 bits per heavy atom. The van der Waals surface area contributed by atoms with Crippen LogP contribution in [-0.2, 0) is 0 Å². The molecule has 0 unspecified atom stereocenters. The summed E-state index contributed by atoms with van der Waals surface area (Å²) in [5, 5.41) is 6.71. The standard InChI is InChI=1S/C18H23ClN6O/c1-3-20-16-12-17(22-13(2)21-16)24-7-9-25(10-8-24)18(26)23-15-6-4-5-14(19)11-15/h4-6,11-12H,3,7-10H2,1-2H3,(H,23,26)(H,20,21,22). The number of nitrogens with one attached hydrogen (secondary N) is 2. The van der Waals surface area contributed by atoms with Crippen molar-refractivity contribution >= 4 is 35.0 Å². The van der Waals surface area contributed by atoms with Gasteiger partial charge in [0, 0.05) is 49.5 Å². The molecule has 8 heteroatoms. The van der Waals surface area contributed by atoms with Crippen LogP contribution in [0.5, 0.6) is 0 Å². The number of aromatic nitrogens is 2. The maximum Gasteiger partial charge on any atom is 0.321 e. The minimum atomic E-state index is -0.112. The minimum absolute atomic E-state index is 0.112. The Kier molecular flexibility index (Phi) is 5.78. The molecule has 0 spiro atoms. The quantitative estimate of drug-likeness (QED) is 0.859. The van der Waals surface area contributed by atoms with Crippen molar-refractivity contribution in [3.05, 3.63) is 41.2 Å². The number of carbonyl (C=O) groups is 1. The Morgan fingerprint density at radius 3 is 2.65 bits per heavy atom. The van der Waals surface area contributed by atoms with Gasteiger partial charge in [0.2, 0.25) is 0 Å². The molecule has 0 radical (unpaired) electrons. The molecule has 26 heavy (non-hydrogen) atoms. The van der Waals surface area contributed by atoms with Crippen LogP contribution in [0.15, 0.2) is 30.3 Å². The monoisotopic (exact) mass is 374 g/mol. The molecule has 0 saturated carbocycles. The third-order valence-corrected chi connectivity index (χ3v) is 4.38. The summed E-state index contributed by atoms with van der Waals surface area (Å²) in [7, 11) is 0. The molecule has 2 heterocycles.